The summed E-state index contributed by atoms with van der Waals surface area (Å²) in [6.45, 7) is 4.33. The minimum Gasteiger partial charge on any atom is -0.494 e. The van der Waals surface area contributed by atoms with Gasteiger partial charge in [-0.2, -0.15) is 0 Å². The van der Waals surface area contributed by atoms with Crippen molar-refractivity contribution < 1.29 is 23.6 Å². The Morgan fingerprint density at radius 1 is 1.13 bits per heavy atom. The molecule has 0 bridgehead atoms. The lowest BCUT2D eigenvalue weighted by Gasteiger charge is -2.10. The zero-order chi connectivity index (χ0) is 21.5. The molecule has 1 heterocycles. The maximum Gasteiger partial charge on any atom is 0.338 e. The molecule has 156 valence electrons. The molecule has 1 atom stereocenters. The third kappa shape index (κ3) is 5.19. The number of nitro benzene ring substituents is 1. The van der Waals surface area contributed by atoms with Crippen molar-refractivity contribution in [1.82, 2.24) is 10.2 Å². The van der Waals surface area contributed by atoms with Crippen LogP contribution in [-0.2, 0) is 4.74 Å². The van der Waals surface area contributed by atoms with Crippen molar-refractivity contribution in [2.75, 3.05) is 6.61 Å². The molecule has 0 saturated heterocycles. The van der Waals surface area contributed by atoms with Crippen LogP contribution in [0, 0.1) is 10.1 Å². The number of non-ortho nitro benzene ring substituents is 1. The third-order valence-corrected chi connectivity index (χ3v) is 4.25. The molecule has 0 aliphatic rings. The van der Waals surface area contributed by atoms with Crippen LogP contribution in [0.1, 0.15) is 49.0 Å². The quantitative estimate of drug-likeness (QED) is 0.214. The van der Waals surface area contributed by atoms with E-state index in [0.717, 1.165) is 12.8 Å². The van der Waals surface area contributed by atoms with E-state index in [1.165, 1.54) is 24.3 Å². The second-order valence-electron chi connectivity index (χ2n) is 6.52. The molecule has 2 aromatic carbocycles. The molecule has 0 radical (unpaired) electrons. The zero-order valence-corrected chi connectivity index (χ0v) is 16.6. The van der Waals surface area contributed by atoms with Gasteiger partial charge < -0.3 is 13.9 Å². The number of benzene rings is 2. The van der Waals surface area contributed by atoms with E-state index in [1.54, 1.807) is 31.2 Å². The molecule has 0 fully saturated rings. The zero-order valence-electron chi connectivity index (χ0n) is 16.6. The predicted molar refractivity (Wildman–Crippen MR) is 107 cm³/mol. The first kappa shape index (κ1) is 21.0. The van der Waals surface area contributed by atoms with Crippen LogP contribution in [0.15, 0.2) is 52.9 Å². The predicted octanol–water partition coefficient (Wildman–Crippen LogP) is 4.74. The SMILES string of the molecule is CCCCOc1ccc(C(=O)O[C@H](C)c2nnc(-c3ccc([N+](=O)[O-])cc3)o2)cc1. The van der Waals surface area contributed by atoms with E-state index in [4.69, 9.17) is 13.9 Å². The Bertz CT molecular complexity index is 998. The first-order chi connectivity index (χ1) is 14.5. The summed E-state index contributed by atoms with van der Waals surface area (Å²) >= 11 is 0. The average Bonchev–Trinajstić information content (AvgIpc) is 3.25. The van der Waals surface area contributed by atoms with Gasteiger partial charge in [0.15, 0.2) is 6.10 Å². The first-order valence-electron chi connectivity index (χ1n) is 9.50. The van der Waals surface area contributed by atoms with Crippen LogP contribution >= 0.6 is 0 Å². The van der Waals surface area contributed by atoms with E-state index >= 15 is 0 Å². The Balaban J connectivity index is 1.61. The topological polar surface area (TPSA) is 118 Å². The average molecular weight is 411 g/mol. The second kappa shape index (κ2) is 9.64. The van der Waals surface area contributed by atoms with Gasteiger partial charge in [0.1, 0.15) is 5.75 Å². The normalized spacial score (nSPS) is 11.7. The monoisotopic (exact) mass is 411 g/mol. The van der Waals surface area contributed by atoms with Gasteiger partial charge in [-0.3, -0.25) is 10.1 Å². The molecule has 1 aromatic heterocycles. The number of rotatable bonds is 9. The Labute approximate surface area is 172 Å². The Hall–Kier alpha value is -3.75. The number of aromatic nitrogens is 2. The van der Waals surface area contributed by atoms with Crippen molar-refractivity contribution in [2.24, 2.45) is 0 Å². The first-order valence-corrected chi connectivity index (χ1v) is 9.50. The van der Waals surface area contributed by atoms with Gasteiger partial charge in [-0.1, -0.05) is 13.3 Å². The maximum atomic E-state index is 12.4. The molecule has 3 rings (SSSR count). The lowest BCUT2D eigenvalue weighted by atomic mass is 10.2. The lowest BCUT2D eigenvalue weighted by molar-refractivity contribution is -0.384. The molecule has 0 spiro atoms. The van der Waals surface area contributed by atoms with Crippen molar-refractivity contribution in [3.8, 4) is 17.2 Å². The van der Waals surface area contributed by atoms with E-state index < -0.39 is 17.0 Å². The fraction of sp³-hybridized carbons (Fsp3) is 0.286. The minimum absolute atomic E-state index is 0.0393. The number of esters is 1. The molecular weight excluding hydrogens is 390 g/mol. The van der Waals surface area contributed by atoms with E-state index in [-0.39, 0.29) is 17.5 Å². The van der Waals surface area contributed by atoms with Gasteiger partial charge in [-0.05, 0) is 49.7 Å². The maximum absolute atomic E-state index is 12.4. The molecule has 9 heteroatoms. The number of hydrogen-bond donors (Lipinski definition) is 0. The third-order valence-electron chi connectivity index (χ3n) is 4.25. The Kier molecular flexibility index (Phi) is 6.74. The highest BCUT2D eigenvalue weighted by Gasteiger charge is 2.20. The van der Waals surface area contributed by atoms with Gasteiger partial charge in [0.05, 0.1) is 17.1 Å². The number of ether oxygens (including phenoxy) is 2. The second-order valence-corrected chi connectivity index (χ2v) is 6.52. The molecule has 0 aliphatic carbocycles. The van der Waals surface area contributed by atoms with Gasteiger partial charge in [0.25, 0.3) is 11.6 Å². The van der Waals surface area contributed by atoms with Crippen LogP contribution in [0.2, 0.25) is 0 Å². The van der Waals surface area contributed by atoms with E-state index in [9.17, 15) is 14.9 Å². The number of nitrogens with zero attached hydrogens (tertiary/aromatic N) is 3. The van der Waals surface area contributed by atoms with E-state index in [2.05, 4.69) is 17.1 Å². The summed E-state index contributed by atoms with van der Waals surface area (Å²) in [7, 11) is 0. The summed E-state index contributed by atoms with van der Waals surface area (Å²) in [5.41, 5.74) is 0.860. The number of carbonyl (C=O) groups excluding carboxylic acids is 1. The van der Waals surface area contributed by atoms with Crippen molar-refractivity contribution in [3.63, 3.8) is 0 Å². The lowest BCUT2D eigenvalue weighted by Crippen LogP contribution is -2.09. The summed E-state index contributed by atoms with van der Waals surface area (Å²) in [6, 6.07) is 12.4. The molecule has 0 amide bonds. The van der Waals surface area contributed by atoms with Crippen molar-refractivity contribution in [1.29, 1.82) is 0 Å². The fourth-order valence-corrected chi connectivity index (χ4v) is 2.54. The van der Waals surface area contributed by atoms with Crippen molar-refractivity contribution in [3.05, 3.63) is 70.1 Å². The van der Waals surface area contributed by atoms with Crippen LogP contribution in [0.4, 0.5) is 5.69 Å². The van der Waals surface area contributed by atoms with Crippen LogP contribution in [0.3, 0.4) is 0 Å². The smallest absolute Gasteiger partial charge is 0.338 e. The molecule has 0 aliphatic heterocycles. The molecule has 30 heavy (non-hydrogen) atoms. The minimum atomic E-state index is -0.766. The molecule has 3 aromatic rings. The molecule has 0 N–H and O–H groups in total. The van der Waals surface area contributed by atoms with Gasteiger partial charge in [0, 0.05) is 17.7 Å². The van der Waals surface area contributed by atoms with Crippen LogP contribution in [-0.4, -0.2) is 27.7 Å². The summed E-state index contributed by atoms with van der Waals surface area (Å²) in [6.07, 6.45) is 1.24. The summed E-state index contributed by atoms with van der Waals surface area (Å²) in [5, 5.41) is 18.6. The summed E-state index contributed by atoms with van der Waals surface area (Å²) in [5.74, 6) is 0.461. The summed E-state index contributed by atoms with van der Waals surface area (Å²) < 4.78 is 16.5. The largest absolute Gasteiger partial charge is 0.494 e. The van der Waals surface area contributed by atoms with Gasteiger partial charge in [-0.15, -0.1) is 10.2 Å². The van der Waals surface area contributed by atoms with E-state index in [0.29, 0.717) is 23.5 Å². The molecular formula is C21H21N3O6. The fourth-order valence-electron chi connectivity index (χ4n) is 2.54. The Morgan fingerprint density at radius 3 is 2.47 bits per heavy atom. The molecule has 9 nitrogen and oxygen atoms in total. The Morgan fingerprint density at radius 2 is 1.83 bits per heavy atom. The van der Waals surface area contributed by atoms with Crippen LogP contribution < -0.4 is 4.74 Å². The number of nitro groups is 1. The van der Waals surface area contributed by atoms with Gasteiger partial charge in [-0.25, -0.2) is 4.79 Å². The number of unbranched alkanes of at least 4 members (excludes halogenated alkanes) is 1. The highest BCUT2D eigenvalue weighted by atomic mass is 16.6. The van der Waals surface area contributed by atoms with Crippen LogP contribution in [0.5, 0.6) is 5.75 Å². The molecule has 0 saturated carbocycles. The van der Waals surface area contributed by atoms with Gasteiger partial charge >= 0.3 is 5.97 Å². The highest BCUT2D eigenvalue weighted by Crippen LogP contribution is 2.25. The highest BCUT2D eigenvalue weighted by molar-refractivity contribution is 5.89. The van der Waals surface area contributed by atoms with Crippen molar-refractivity contribution >= 4 is 11.7 Å². The number of hydrogen-bond acceptors (Lipinski definition) is 8. The summed E-state index contributed by atoms with van der Waals surface area (Å²) in [4.78, 5) is 22.6. The van der Waals surface area contributed by atoms with Crippen LogP contribution in [0.25, 0.3) is 11.5 Å². The van der Waals surface area contributed by atoms with Crippen molar-refractivity contribution in [2.45, 2.75) is 32.8 Å². The van der Waals surface area contributed by atoms with Gasteiger partial charge in [0.2, 0.25) is 5.89 Å². The van der Waals surface area contributed by atoms with E-state index in [1.807, 2.05) is 0 Å². The number of carbonyl (C=O) groups is 1. The standard InChI is InChI=1S/C21H21N3O6/c1-3-4-13-28-18-11-7-16(8-12-18)21(25)29-14(2)19-22-23-20(30-19)15-5-9-17(10-6-15)24(26)27/h5-12,14H,3-4,13H2,1-2H3/t14-/m1/s1. The molecule has 0 unspecified atom stereocenters.